The van der Waals surface area contributed by atoms with Crippen LogP contribution in [0.25, 0.3) is 0 Å². The zero-order valence-electron chi connectivity index (χ0n) is 12.0. The number of hydrogen-bond donors (Lipinski definition) is 1. The second-order valence-electron chi connectivity index (χ2n) is 6.55. The van der Waals surface area contributed by atoms with Crippen LogP contribution in [-0.4, -0.2) is 16.1 Å². The maximum Gasteiger partial charge on any atom is 0.0948 e. The zero-order valence-corrected chi connectivity index (χ0v) is 12.0. The molecule has 3 nitrogen and oxygen atoms in total. The molecule has 1 aliphatic rings. The minimum atomic E-state index is 0.428. The highest BCUT2D eigenvalue weighted by molar-refractivity contribution is 5.09. The van der Waals surface area contributed by atoms with Crippen LogP contribution < -0.4 is 5.73 Å². The molecule has 0 amide bonds. The average molecular weight is 249 g/mol. The van der Waals surface area contributed by atoms with Gasteiger partial charge in [0.2, 0.25) is 0 Å². The third kappa shape index (κ3) is 2.77. The Labute approximate surface area is 111 Å². The number of imidazole rings is 1. The van der Waals surface area contributed by atoms with Crippen LogP contribution in [-0.2, 0) is 6.54 Å². The van der Waals surface area contributed by atoms with Crippen molar-refractivity contribution >= 4 is 0 Å². The van der Waals surface area contributed by atoms with Crippen molar-refractivity contribution in [1.29, 1.82) is 0 Å². The van der Waals surface area contributed by atoms with Crippen molar-refractivity contribution in [2.75, 3.05) is 6.54 Å². The molecule has 1 fully saturated rings. The summed E-state index contributed by atoms with van der Waals surface area (Å²) in [5.74, 6) is 0.999. The highest BCUT2D eigenvalue weighted by Crippen LogP contribution is 2.39. The van der Waals surface area contributed by atoms with Crippen molar-refractivity contribution in [2.45, 2.75) is 58.9 Å². The molecule has 1 heterocycles. The molecular formula is C15H27N3. The monoisotopic (exact) mass is 249 g/mol. The van der Waals surface area contributed by atoms with Crippen molar-refractivity contribution in [1.82, 2.24) is 9.55 Å². The standard InChI is InChI=1S/C15H27N3/c1-12(2)13(8-16)14-9-17-11-18(14)10-15(3)6-4-5-7-15/h9,11-13H,4-8,10,16H2,1-3H3. The molecule has 0 aliphatic heterocycles. The van der Waals surface area contributed by atoms with Gasteiger partial charge in [0, 0.05) is 30.9 Å². The summed E-state index contributed by atoms with van der Waals surface area (Å²) in [7, 11) is 0. The van der Waals surface area contributed by atoms with Gasteiger partial charge in [-0.15, -0.1) is 0 Å². The molecule has 1 atom stereocenters. The summed E-state index contributed by atoms with van der Waals surface area (Å²) in [6.45, 7) is 8.71. The van der Waals surface area contributed by atoms with Gasteiger partial charge in [0.25, 0.3) is 0 Å². The van der Waals surface area contributed by atoms with Crippen molar-refractivity contribution in [3.05, 3.63) is 18.2 Å². The first kappa shape index (κ1) is 13.6. The molecule has 18 heavy (non-hydrogen) atoms. The zero-order chi connectivity index (χ0) is 13.2. The minimum Gasteiger partial charge on any atom is -0.334 e. The fraction of sp³-hybridized carbons (Fsp3) is 0.800. The van der Waals surface area contributed by atoms with E-state index in [2.05, 4.69) is 30.3 Å². The molecule has 1 aliphatic carbocycles. The molecule has 1 aromatic heterocycles. The van der Waals surface area contributed by atoms with Crippen molar-refractivity contribution in [2.24, 2.45) is 17.1 Å². The molecule has 0 bridgehead atoms. The van der Waals surface area contributed by atoms with Crippen molar-refractivity contribution in [3.63, 3.8) is 0 Å². The molecule has 1 unspecified atom stereocenters. The summed E-state index contributed by atoms with van der Waals surface area (Å²) in [5.41, 5.74) is 7.72. The van der Waals surface area contributed by atoms with E-state index >= 15 is 0 Å². The maximum absolute atomic E-state index is 5.93. The summed E-state index contributed by atoms with van der Waals surface area (Å²) < 4.78 is 2.35. The summed E-state index contributed by atoms with van der Waals surface area (Å²) in [5, 5.41) is 0. The summed E-state index contributed by atoms with van der Waals surface area (Å²) in [6, 6.07) is 0. The molecule has 2 N–H and O–H groups in total. The molecule has 0 saturated heterocycles. The van der Waals surface area contributed by atoms with Crippen LogP contribution in [0.1, 0.15) is 58.1 Å². The molecule has 1 saturated carbocycles. The number of aromatic nitrogens is 2. The van der Waals surface area contributed by atoms with E-state index in [1.54, 1.807) is 0 Å². The van der Waals surface area contributed by atoms with Gasteiger partial charge in [-0.2, -0.15) is 0 Å². The van der Waals surface area contributed by atoms with E-state index in [0.717, 1.165) is 6.54 Å². The third-order valence-electron chi connectivity index (χ3n) is 4.55. The van der Waals surface area contributed by atoms with Crippen LogP contribution in [0.3, 0.4) is 0 Å². The molecule has 3 heteroatoms. The molecule has 0 aromatic carbocycles. The SMILES string of the molecule is CC(C)C(CN)c1cncn1CC1(C)CCCC1. The average Bonchev–Trinajstić information content (AvgIpc) is 2.90. The normalized spacial score (nSPS) is 20.5. The Balaban J connectivity index is 2.16. The minimum absolute atomic E-state index is 0.428. The van der Waals surface area contributed by atoms with Gasteiger partial charge >= 0.3 is 0 Å². The van der Waals surface area contributed by atoms with Gasteiger partial charge in [-0.3, -0.25) is 0 Å². The molecular weight excluding hydrogens is 222 g/mol. The van der Waals surface area contributed by atoms with E-state index in [0.29, 0.717) is 23.8 Å². The first-order valence-corrected chi connectivity index (χ1v) is 7.26. The smallest absolute Gasteiger partial charge is 0.0948 e. The Hall–Kier alpha value is -0.830. The third-order valence-corrected chi connectivity index (χ3v) is 4.55. The van der Waals surface area contributed by atoms with Gasteiger partial charge in [-0.25, -0.2) is 4.98 Å². The summed E-state index contributed by atoms with van der Waals surface area (Å²) in [4.78, 5) is 4.35. The summed E-state index contributed by atoms with van der Waals surface area (Å²) >= 11 is 0. The van der Waals surface area contributed by atoms with Gasteiger partial charge in [0.05, 0.1) is 6.33 Å². The van der Waals surface area contributed by atoms with Gasteiger partial charge in [-0.1, -0.05) is 33.6 Å². The lowest BCUT2D eigenvalue weighted by molar-refractivity contribution is 0.273. The second kappa shape index (κ2) is 5.43. The predicted octanol–water partition coefficient (Wildman–Crippen LogP) is 3.16. The molecule has 1 aromatic rings. The van der Waals surface area contributed by atoms with E-state index < -0.39 is 0 Å². The predicted molar refractivity (Wildman–Crippen MR) is 75.4 cm³/mol. The van der Waals surface area contributed by atoms with E-state index in [-0.39, 0.29) is 0 Å². The Morgan fingerprint density at radius 2 is 2.06 bits per heavy atom. The first-order valence-electron chi connectivity index (χ1n) is 7.26. The van der Waals surface area contributed by atoms with Crippen LogP contribution in [0, 0.1) is 11.3 Å². The Morgan fingerprint density at radius 3 is 2.61 bits per heavy atom. The molecule has 2 rings (SSSR count). The first-order chi connectivity index (χ1) is 8.56. The lowest BCUT2D eigenvalue weighted by atomic mass is 9.87. The van der Waals surface area contributed by atoms with Crippen LogP contribution in [0.4, 0.5) is 0 Å². The Morgan fingerprint density at radius 1 is 1.39 bits per heavy atom. The highest BCUT2D eigenvalue weighted by atomic mass is 15.1. The topological polar surface area (TPSA) is 43.8 Å². The largest absolute Gasteiger partial charge is 0.334 e. The molecule has 0 spiro atoms. The lowest BCUT2D eigenvalue weighted by Gasteiger charge is -2.27. The van der Waals surface area contributed by atoms with E-state index in [1.165, 1.54) is 31.4 Å². The Kier molecular flexibility index (Phi) is 4.10. The fourth-order valence-electron chi connectivity index (χ4n) is 3.30. The van der Waals surface area contributed by atoms with Crippen LogP contribution in [0.2, 0.25) is 0 Å². The molecule has 0 radical (unpaired) electrons. The molecule has 102 valence electrons. The number of nitrogens with two attached hydrogens (primary N) is 1. The van der Waals surface area contributed by atoms with Crippen molar-refractivity contribution in [3.8, 4) is 0 Å². The fourth-order valence-corrected chi connectivity index (χ4v) is 3.30. The van der Waals surface area contributed by atoms with Crippen LogP contribution in [0.5, 0.6) is 0 Å². The Bertz CT molecular complexity index is 375. The van der Waals surface area contributed by atoms with E-state index in [1.807, 2.05) is 12.5 Å². The highest BCUT2D eigenvalue weighted by Gasteiger charge is 2.30. The maximum atomic E-state index is 5.93. The van der Waals surface area contributed by atoms with Gasteiger partial charge < -0.3 is 10.3 Å². The second-order valence-corrected chi connectivity index (χ2v) is 6.55. The number of hydrogen-bond acceptors (Lipinski definition) is 2. The van der Waals surface area contributed by atoms with E-state index in [4.69, 9.17) is 5.73 Å². The quantitative estimate of drug-likeness (QED) is 0.871. The van der Waals surface area contributed by atoms with Crippen molar-refractivity contribution < 1.29 is 0 Å². The number of rotatable bonds is 5. The van der Waals surface area contributed by atoms with E-state index in [9.17, 15) is 0 Å². The van der Waals surface area contributed by atoms with Gasteiger partial charge in [-0.05, 0) is 24.2 Å². The number of nitrogens with zero attached hydrogens (tertiary/aromatic N) is 2. The lowest BCUT2D eigenvalue weighted by Crippen LogP contribution is -2.25. The summed E-state index contributed by atoms with van der Waals surface area (Å²) in [6.07, 6.45) is 9.45. The van der Waals surface area contributed by atoms with Gasteiger partial charge in [0.1, 0.15) is 0 Å². The van der Waals surface area contributed by atoms with Gasteiger partial charge in [0.15, 0.2) is 0 Å². The van der Waals surface area contributed by atoms with Crippen LogP contribution in [0.15, 0.2) is 12.5 Å². The van der Waals surface area contributed by atoms with Crippen LogP contribution >= 0.6 is 0 Å².